The first-order valence-electron chi connectivity index (χ1n) is 6.88. The van der Waals surface area contributed by atoms with Crippen LogP contribution in [0.2, 0.25) is 0 Å². The van der Waals surface area contributed by atoms with Crippen LogP contribution >= 0.6 is 0 Å². The Hall–Kier alpha value is 0.0700. The third-order valence-corrected chi connectivity index (χ3v) is 5.04. The van der Waals surface area contributed by atoms with Gasteiger partial charge in [-0.25, -0.2) is 0 Å². The highest BCUT2D eigenvalue weighted by Gasteiger charge is 2.20. The Morgan fingerprint density at radius 3 is 2.24 bits per heavy atom. The first-order valence-corrected chi connectivity index (χ1v) is 8.26. The average molecular weight is 262 g/mol. The quantitative estimate of drug-likeness (QED) is 0.631. The molecule has 0 N–H and O–H groups in total. The zero-order chi connectivity index (χ0) is 12.5. The molecule has 1 unspecified atom stereocenters. The molecule has 0 aromatic rings. The topological polar surface area (TPSA) is 35.5 Å². The van der Waals surface area contributed by atoms with E-state index in [1.807, 2.05) is 13.8 Å². The zero-order valence-electron chi connectivity index (χ0n) is 11.2. The Morgan fingerprint density at radius 2 is 1.71 bits per heavy atom. The van der Waals surface area contributed by atoms with Crippen LogP contribution in [-0.2, 0) is 20.3 Å². The van der Waals surface area contributed by atoms with Gasteiger partial charge >= 0.3 is 0 Å². The average Bonchev–Trinajstić information content (AvgIpc) is 2.37. The van der Waals surface area contributed by atoms with E-state index in [2.05, 4.69) is 0 Å². The standard InChI is InChI=1S/C13H26O3S/c1-3-15-13(16-4-2)10-11-17(14)12-8-6-5-7-9-12/h12-13H,3-11H2,1-2H3. The number of ether oxygens (including phenoxy) is 2. The van der Waals surface area contributed by atoms with Gasteiger partial charge < -0.3 is 9.47 Å². The molecule has 1 fully saturated rings. The summed E-state index contributed by atoms with van der Waals surface area (Å²) in [5, 5.41) is 0.424. The fourth-order valence-electron chi connectivity index (χ4n) is 2.29. The van der Waals surface area contributed by atoms with Crippen LogP contribution in [0.15, 0.2) is 0 Å². The monoisotopic (exact) mass is 262 g/mol. The van der Waals surface area contributed by atoms with Gasteiger partial charge in [0.2, 0.25) is 0 Å². The molecule has 0 spiro atoms. The molecule has 1 aliphatic rings. The highest BCUT2D eigenvalue weighted by Crippen LogP contribution is 2.22. The van der Waals surface area contributed by atoms with Crippen LogP contribution in [0, 0.1) is 0 Å². The molecule has 17 heavy (non-hydrogen) atoms. The molecule has 0 radical (unpaired) electrons. The van der Waals surface area contributed by atoms with Crippen LogP contribution in [0.3, 0.4) is 0 Å². The molecule has 102 valence electrons. The van der Waals surface area contributed by atoms with Crippen molar-refractivity contribution in [1.29, 1.82) is 0 Å². The van der Waals surface area contributed by atoms with Crippen molar-refractivity contribution in [3.8, 4) is 0 Å². The normalized spacial score (nSPS) is 19.7. The lowest BCUT2D eigenvalue weighted by atomic mass is 10.0. The molecule has 0 aromatic carbocycles. The molecule has 0 bridgehead atoms. The van der Waals surface area contributed by atoms with Gasteiger partial charge in [-0.2, -0.15) is 0 Å². The first kappa shape index (κ1) is 15.1. The minimum Gasteiger partial charge on any atom is -0.353 e. The predicted molar refractivity (Wildman–Crippen MR) is 71.5 cm³/mol. The fraction of sp³-hybridized carbons (Fsp3) is 1.00. The molecular weight excluding hydrogens is 236 g/mol. The molecule has 1 atom stereocenters. The summed E-state index contributed by atoms with van der Waals surface area (Å²) in [6, 6.07) is 0. The molecule has 0 aliphatic heterocycles. The number of hydrogen-bond acceptors (Lipinski definition) is 3. The van der Waals surface area contributed by atoms with Crippen LogP contribution in [0.5, 0.6) is 0 Å². The Kier molecular flexibility index (Phi) is 8.06. The lowest BCUT2D eigenvalue weighted by Crippen LogP contribution is -2.25. The van der Waals surface area contributed by atoms with Crippen molar-refractivity contribution in [1.82, 2.24) is 0 Å². The minimum atomic E-state index is -0.694. The van der Waals surface area contributed by atoms with Crippen LogP contribution in [0.4, 0.5) is 0 Å². The molecule has 0 saturated heterocycles. The zero-order valence-corrected chi connectivity index (χ0v) is 12.0. The van der Waals surface area contributed by atoms with Crippen LogP contribution in [-0.4, -0.2) is 34.7 Å². The fourth-order valence-corrected chi connectivity index (χ4v) is 3.91. The molecular formula is C13H26O3S. The van der Waals surface area contributed by atoms with E-state index in [0.717, 1.165) is 25.0 Å². The number of hydrogen-bond donors (Lipinski definition) is 0. The Morgan fingerprint density at radius 1 is 1.12 bits per heavy atom. The van der Waals surface area contributed by atoms with Gasteiger partial charge in [-0.15, -0.1) is 0 Å². The van der Waals surface area contributed by atoms with Gasteiger partial charge in [-0.3, -0.25) is 4.21 Å². The Labute approximate surface area is 108 Å². The third kappa shape index (κ3) is 5.98. The summed E-state index contributed by atoms with van der Waals surface area (Å²) >= 11 is 0. The summed E-state index contributed by atoms with van der Waals surface area (Å²) in [5.74, 6) is 0.718. The van der Waals surface area contributed by atoms with E-state index >= 15 is 0 Å². The summed E-state index contributed by atoms with van der Waals surface area (Å²) in [6.07, 6.45) is 6.67. The van der Waals surface area contributed by atoms with E-state index in [1.165, 1.54) is 19.3 Å². The SMILES string of the molecule is CCOC(CCS(=O)C1CCCCC1)OCC. The van der Waals surface area contributed by atoms with Crippen LogP contribution in [0.25, 0.3) is 0 Å². The van der Waals surface area contributed by atoms with Crippen molar-refractivity contribution in [3.63, 3.8) is 0 Å². The maximum absolute atomic E-state index is 12.1. The summed E-state index contributed by atoms with van der Waals surface area (Å²) < 4.78 is 23.0. The van der Waals surface area contributed by atoms with Crippen LogP contribution < -0.4 is 0 Å². The van der Waals surface area contributed by atoms with E-state index in [1.54, 1.807) is 0 Å². The van der Waals surface area contributed by atoms with Gasteiger partial charge in [0.25, 0.3) is 0 Å². The van der Waals surface area contributed by atoms with Crippen molar-refractivity contribution >= 4 is 10.8 Å². The first-order chi connectivity index (χ1) is 8.27. The van der Waals surface area contributed by atoms with Crippen molar-refractivity contribution in [2.45, 2.75) is 63.9 Å². The molecule has 0 amide bonds. The van der Waals surface area contributed by atoms with Crippen molar-refractivity contribution < 1.29 is 13.7 Å². The molecule has 1 rings (SSSR count). The molecule has 0 aromatic heterocycles. The minimum absolute atomic E-state index is 0.169. The second-order valence-corrected chi connectivity index (χ2v) is 6.31. The lowest BCUT2D eigenvalue weighted by Gasteiger charge is -2.22. The van der Waals surface area contributed by atoms with Gasteiger partial charge in [0.05, 0.1) is 0 Å². The van der Waals surface area contributed by atoms with Gasteiger partial charge in [-0.05, 0) is 26.7 Å². The third-order valence-electron chi connectivity index (χ3n) is 3.18. The molecule has 1 aliphatic carbocycles. The van der Waals surface area contributed by atoms with Crippen molar-refractivity contribution in [2.24, 2.45) is 0 Å². The second-order valence-electron chi connectivity index (χ2n) is 4.47. The highest BCUT2D eigenvalue weighted by atomic mass is 32.2. The Balaban J connectivity index is 2.24. The van der Waals surface area contributed by atoms with Gasteiger partial charge in [-0.1, -0.05) is 19.3 Å². The summed E-state index contributed by atoms with van der Waals surface area (Å²) in [6.45, 7) is 5.23. The van der Waals surface area contributed by atoms with Gasteiger partial charge in [0.1, 0.15) is 0 Å². The summed E-state index contributed by atoms with van der Waals surface area (Å²) in [5.41, 5.74) is 0. The lowest BCUT2D eigenvalue weighted by molar-refractivity contribution is -0.136. The summed E-state index contributed by atoms with van der Waals surface area (Å²) in [7, 11) is -0.694. The van der Waals surface area contributed by atoms with Gasteiger partial charge in [0.15, 0.2) is 6.29 Å². The molecule has 4 heteroatoms. The maximum Gasteiger partial charge on any atom is 0.158 e. The Bertz CT molecular complexity index is 209. The molecule has 0 heterocycles. The van der Waals surface area contributed by atoms with Gasteiger partial charge in [0, 0.05) is 41.4 Å². The largest absolute Gasteiger partial charge is 0.353 e. The second kappa shape index (κ2) is 9.06. The van der Waals surface area contributed by atoms with E-state index in [-0.39, 0.29) is 6.29 Å². The predicted octanol–water partition coefficient (Wildman–Crippen LogP) is 2.86. The summed E-state index contributed by atoms with van der Waals surface area (Å²) in [4.78, 5) is 0. The van der Waals surface area contributed by atoms with E-state index < -0.39 is 10.8 Å². The smallest absolute Gasteiger partial charge is 0.158 e. The van der Waals surface area contributed by atoms with Crippen molar-refractivity contribution in [2.75, 3.05) is 19.0 Å². The number of rotatable bonds is 8. The molecule has 3 nitrogen and oxygen atoms in total. The van der Waals surface area contributed by atoms with Crippen molar-refractivity contribution in [3.05, 3.63) is 0 Å². The maximum atomic E-state index is 12.1. The highest BCUT2D eigenvalue weighted by molar-refractivity contribution is 7.85. The van der Waals surface area contributed by atoms with E-state index in [4.69, 9.17) is 9.47 Å². The molecule has 1 saturated carbocycles. The van der Waals surface area contributed by atoms with E-state index in [0.29, 0.717) is 18.5 Å². The van der Waals surface area contributed by atoms with Crippen LogP contribution in [0.1, 0.15) is 52.4 Å². The van der Waals surface area contributed by atoms with E-state index in [9.17, 15) is 4.21 Å².